The first-order chi connectivity index (χ1) is 17.2. The SMILES string of the molecule is CCn1c(SCC(=O)Nc2cccc(C(=O)OC(C)C)c2)nnc1[C@H](C)NC(=O)c1ccc(C)cc1. The number of anilines is 1. The molecule has 0 saturated heterocycles. The second kappa shape index (κ2) is 12.3. The van der Waals surface area contributed by atoms with E-state index in [9.17, 15) is 14.4 Å². The second-order valence-electron chi connectivity index (χ2n) is 8.52. The molecule has 0 aliphatic rings. The van der Waals surface area contributed by atoms with Crippen LogP contribution in [0, 0.1) is 6.92 Å². The summed E-state index contributed by atoms with van der Waals surface area (Å²) in [6.07, 6.45) is -0.230. The molecule has 190 valence electrons. The van der Waals surface area contributed by atoms with Gasteiger partial charge in [0.15, 0.2) is 11.0 Å². The van der Waals surface area contributed by atoms with E-state index >= 15 is 0 Å². The standard InChI is InChI=1S/C26H31N5O4S/c1-6-31-23(18(5)27-24(33)19-12-10-17(4)11-13-19)29-30-26(31)36-15-22(32)28-21-9-7-8-20(14-21)25(34)35-16(2)3/h7-14,16,18H,6,15H2,1-5H3,(H,27,33)(H,28,32)/t18-/m0/s1. The zero-order valence-electron chi connectivity index (χ0n) is 21.1. The van der Waals surface area contributed by atoms with Crippen LogP contribution in [-0.4, -0.2) is 44.4 Å². The van der Waals surface area contributed by atoms with Gasteiger partial charge in [0.2, 0.25) is 5.91 Å². The second-order valence-corrected chi connectivity index (χ2v) is 9.46. The molecule has 3 rings (SSSR count). The molecule has 0 radical (unpaired) electrons. The number of aromatic nitrogens is 3. The van der Waals surface area contributed by atoms with Crippen molar-refractivity contribution in [3.05, 3.63) is 71.0 Å². The Labute approximate surface area is 215 Å². The van der Waals surface area contributed by atoms with Crippen LogP contribution in [0.1, 0.15) is 65.8 Å². The Morgan fingerprint density at radius 2 is 1.75 bits per heavy atom. The maximum Gasteiger partial charge on any atom is 0.338 e. The zero-order chi connectivity index (χ0) is 26.2. The van der Waals surface area contributed by atoms with Crippen molar-refractivity contribution in [2.75, 3.05) is 11.1 Å². The number of aryl methyl sites for hydroxylation is 1. The maximum absolute atomic E-state index is 12.6. The Morgan fingerprint density at radius 1 is 1.03 bits per heavy atom. The fraction of sp³-hybridized carbons (Fsp3) is 0.346. The van der Waals surface area contributed by atoms with Crippen LogP contribution >= 0.6 is 11.8 Å². The van der Waals surface area contributed by atoms with Crippen molar-refractivity contribution in [3.8, 4) is 0 Å². The van der Waals surface area contributed by atoms with Gasteiger partial charge < -0.3 is 19.9 Å². The number of ether oxygens (including phenoxy) is 1. The van der Waals surface area contributed by atoms with Crippen LogP contribution < -0.4 is 10.6 Å². The Morgan fingerprint density at radius 3 is 2.42 bits per heavy atom. The molecule has 9 nitrogen and oxygen atoms in total. The predicted octanol–water partition coefficient (Wildman–Crippen LogP) is 4.39. The molecule has 0 saturated carbocycles. The van der Waals surface area contributed by atoms with Crippen LogP contribution in [0.25, 0.3) is 0 Å². The van der Waals surface area contributed by atoms with Gasteiger partial charge in [0.25, 0.3) is 5.91 Å². The third-order valence-electron chi connectivity index (χ3n) is 5.17. The lowest BCUT2D eigenvalue weighted by Gasteiger charge is -2.15. The normalized spacial score (nSPS) is 11.7. The van der Waals surface area contributed by atoms with Crippen molar-refractivity contribution >= 4 is 35.2 Å². The number of amides is 2. The fourth-order valence-electron chi connectivity index (χ4n) is 3.41. The third kappa shape index (κ3) is 7.17. The Hall–Kier alpha value is -3.66. The minimum Gasteiger partial charge on any atom is -0.459 e. The molecule has 1 heterocycles. The minimum absolute atomic E-state index is 0.100. The average Bonchev–Trinajstić information content (AvgIpc) is 3.26. The van der Waals surface area contributed by atoms with Gasteiger partial charge in [-0.05, 0) is 65.0 Å². The van der Waals surface area contributed by atoms with E-state index in [4.69, 9.17) is 4.74 Å². The molecule has 0 aliphatic heterocycles. The Balaban J connectivity index is 1.60. The number of hydrogen-bond donors (Lipinski definition) is 2. The lowest BCUT2D eigenvalue weighted by atomic mass is 10.1. The highest BCUT2D eigenvalue weighted by Crippen LogP contribution is 2.21. The zero-order valence-corrected chi connectivity index (χ0v) is 21.9. The molecule has 1 aromatic heterocycles. The summed E-state index contributed by atoms with van der Waals surface area (Å²) in [5.41, 5.74) is 2.52. The summed E-state index contributed by atoms with van der Waals surface area (Å²) in [5, 5.41) is 14.8. The first-order valence-electron chi connectivity index (χ1n) is 11.7. The van der Waals surface area contributed by atoms with Gasteiger partial charge in [0.1, 0.15) is 0 Å². The first-order valence-corrected chi connectivity index (χ1v) is 12.7. The molecule has 0 bridgehead atoms. The average molecular weight is 510 g/mol. The topological polar surface area (TPSA) is 115 Å². The van der Waals surface area contributed by atoms with E-state index in [-0.39, 0.29) is 29.7 Å². The van der Waals surface area contributed by atoms with E-state index in [1.165, 1.54) is 11.8 Å². The van der Waals surface area contributed by atoms with E-state index in [1.807, 2.05) is 37.5 Å². The molecule has 2 aromatic carbocycles. The van der Waals surface area contributed by atoms with Gasteiger partial charge in [0.05, 0.1) is 23.5 Å². The van der Waals surface area contributed by atoms with Crippen LogP contribution in [-0.2, 0) is 16.1 Å². The number of carbonyl (C=O) groups is 3. The molecule has 10 heteroatoms. The van der Waals surface area contributed by atoms with Crippen LogP contribution in [0.2, 0.25) is 0 Å². The number of carbonyl (C=O) groups excluding carboxylic acids is 3. The number of benzene rings is 2. The lowest BCUT2D eigenvalue weighted by molar-refractivity contribution is -0.113. The molecule has 2 N–H and O–H groups in total. The van der Waals surface area contributed by atoms with E-state index in [1.54, 1.807) is 50.2 Å². The summed E-state index contributed by atoms with van der Waals surface area (Å²) >= 11 is 1.25. The summed E-state index contributed by atoms with van der Waals surface area (Å²) in [4.78, 5) is 37.3. The van der Waals surface area contributed by atoms with Gasteiger partial charge in [-0.25, -0.2) is 4.79 Å². The van der Waals surface area contributed by atoms with Crippen molar-refractivity contribution in [1.82, 2.24) is 20.1 Å². The number of hydrogen-bond acceptors (Lipinski definition) is 7. The highest BCUT2D eigenvalue weighted by atomic mass is 32.2. The van der Waals surface area contributed by atoms with Crippen molar-refractivity contribution < 1.29 is 19.1 Å². The third-order valence-corrected chi connectivity index (χ3v) is 6.13. The van der Waals surface area contributed by atoms with Gasteiger partial charge in [-0.2, -0.15) is 0 Å². The minimum atomic E-state index is -0.442. The number of nitrogens with zero attached hydrogens (tertiary/aromatic N) is 3. The van der Waals surface area contributed by atoms with Gasteiger partial charge in [-0.3, -0.25) is 9.59 Å². The lowest BCUT2D eigenvalue weighted by Crippen LogP contribution is -2.28. The van der Waals surface area contributed by atoms with E-state index in [2.05, 4.69) is 20.8 Å². The molecular formula is C26H31N5O4S. The Kier molecular flexibility index (Phi) is 9.24. The van der Waals surface area contributed by atoms with E-state index < -0.39 is 5.97 Å². The highest BCUT2D eigenvalue weighted by molar-refractivity contribution is 7.99. The maximum atomic E-state index is 12.6. The van der Waals surface area contributed by atoms with Gasteiger partial charge >= 0.3 is 5.97 Å². The summed E-state index contributed by atoms with van der Waals surface area (Å²) in [5.74, 6) is -0.175. The predicted molar refractivity (Wildman–Crippen MR) is 139 cm³/mol. The van der Waals surface area contributed by atoms with Crippen molar-refractivity contribution in [2.24, 2.45) is 0 Å². The molecule has 0 fully saturated rings. The summed E-state index contributed by atoms with van der Waals surface area (Å²) in [6, 6.07) is 13.6. The molecule has 3 aromatic rings. The number of thioether (sulfide) groups is 1. The van der Waals surface area contributed by atoms with Crippen LogP contribution in [0.15, 0.2) is 53.7 Å². The van der Waals surface area contributed by atoms with E-state index in [0.717, 1.165) is 5.56 Å². The van der Waals surface area contributed by atoms with Crippen LogP contribution in [0.3, 0.4) is 0 Å². The van der Waals surface area contributed by atoms with Gasteiger partial charge in [-0.15, -0.1) is 10.2 Å². The summed E-state index contributed by atoms with van der Waals surface area (Å²) < 4.78 is 7.08. The molecule has 1 atom stereocenters. The van der Waals surface area contributed by atoms with Gasteiger partial charge in [-0.1, -0.05) is 35.5 Å². The molecular weight excluding hydrogens is 478 g/mol. The van der Waals surface area contributed by atoms with Crippen molar-refractivity contribution in [3.63, 3.8) is 0 Å². The summed E-state index contributed by atoms with van der Waals surface area (Å²) in [7, 11) is 0. The van der Waals surface area contributed by atoms with Gasteiger partial charge in [0, 0.05) is 17.8 Å². The molecule has 0 unspecified atom stereocenters. The largest absolute Gasteiger partial charge is 0.459 e. The molecule has 0 spiro atoms. The quantitative estimate of drug-likeness (QED) is 0.308. The van der Waals surface area contributed by atoms with Crippen molar-refractivity contribution in [1.29, 1.82) is 0 Å². The Bertz CT molecular complexity index is 1220. The number of rotatable bonds is 10. The molecule has 36 heavy (non-hydrogen) atoms. The fourth-order valence-corrected chi connectivity index (χ4v) is 4.22. The smallest absolute Gasteiger partial charge is 0.338 e. The first kappa shape index (κ1) is 26.9. The molecule has 2 amide bonds. The highest BCUT2D eigenvalue weighted by Gasteiger charge is 2.20. The molecule has 0 aliphatic carbocycles. The van der Waals surface area contributed by atoms with Crippen LogP contribution in [0.4, 0.5) is 5.69 Å². The summed E-state index contributed by atoms with van der Waals surface area (Å²) in [6.45, 7) is 9.90. The monoisotopic (exact) mass is 509 g/mol. The van der Waals surface area contributed by atoms with E-state index in [0.29, 0.717) is 34.3 Å². The number of nitrogens with one attached hydrogen (secondary N) is 2. The van der Waals surface area contributed by atoms with Crippen LogP contribution in [0.5, 0.6) is 0 Å². The number of esters is 1. The van der Waals surface area contributed by atoms with Crippen molar-refractivity contribution in [2.45, 2.75) is 58.5 Å².